The van der Waals surface area contributed by atoms with Crippen LogP contribution in [-0.2, 0) is 16.4 Å². The molecule has 7 heteroatoms. The Kier molecular flexibility index (Phi) is 6.24. The average molecular weight is 405 g/mol. The third-order valence-corrected chi connectivity index (χ3v) is 6.68. The maximum Gasteiger partial charge on any atom is 0.256 e. The van der Waals surface area contributed by atoms with E-state index in [-0.39, 0.29) is 10.5 Å². The Morgan fingerprint density at radius 1 is 1.15 bits per heavy atom. The first-order valence-corrected chi connectivity index (χ1v) is 11.9. The van der Waals surface area contributed by atoms with E-state index < -0.39 is 15.7 Å². The topological polar surface area (TPSA) is 66.5 Å². The fourth-order valence-electron chi connectivity index (χ4n) is 3.15. The Labute approximate surface area is 165 Å². The normalized spacial score (nSPS) is 15.5. The molecule has 1 heterocycles. The van der Waals surface area contributed by atoms with E-state index in [0.29, 0.717) is 5.69 Å². The summed E-state index contributed by atoms with van der Waals surface area (Å²) in [6.07, 6.45) is 1.11. The van der Waals surface area contributed by atoms with Crippen molar-refractivity contribution < 1.29 is 13.2 Å². The molecular formula is C20H24N2O3S2. The first-order chi connectivity index (χ1) is 12.8. The summed E-state index contributed by atoms with van der Waals surface area (Å²) in [5, 5.41) is 2.85. The molecule has 1 fully saturated rings. The summed E-state index contributed by atoms with van der Waals surface area (Å²) in [4.78, 5) is 15.1. The minimum Gasteiger partial charge on any atom is -0.322 e. The standard InChI is InChI=1S/C20H24N2O3S2/c1-15-13-16(14-22-9-11-26-12-10-22)7-8-18(15)21-20(23)17-5-3-4-6-19(17)27(2,24)25/h3-8,13H,9-12,14H2,1-2H3,(H,21,23). The molecule has 0 spiro atoms. The van der Waals surface area contributed by atoms with Crippen LogP contribution in [-0.4, -0.2) is 50.1 Å². The number of rotatable bonds is 5. The zero-order chi connectivity index (χ0) is 19.4. The molecule has 2 aromatic rings. The minimum absolute atomic E-state index is 0.0414. The van der Waals surface area contributed by atoms with Gasteiger partial charge in [0.15, 0.2) is 9.84 Å². The summed E-state index contributed by atoms with van der Waals surface area (Å²) in [5.74, 6) is 1.93. The number of benzene rings is 2. The highest BCUT2D eigenvalue weighted by molar-refractivity contribution is 7.99. The molecule has 2 aromatic carbocycles. The maximum absolute atomic E-state index is 12.6. The Hall–Kier alpha value is -1.83. The van der Waals surface area contributed by atoms with Crippen LogP contribution >= 0.6 is 11.8 Å². The van der Waals surface area contributed by atoms with Crippen molar-refractivity contribution in [1.82, 2.24) is 4.90 Å². The Morgan fingerprint density at radius 2 is 1.85 bits per heavy atom. The second-order valence-electron chi connectivity index (χ2n) is 6.76. The second-order valence-corrected chi connectivity index (χ2v) is 9.97. The lowest BCUT2D eigenvalue weighted by molar-refractivity contribution is 0.102. The van der Waals surface area contributed by atoms with Gasteiger partial charge < -0.3 is 5.32 Å². The van der Waals surface area contributed by atoms with Gasteiger partial charge >= 0.3 is 0 Å². The molecule has 27 heavy (non-hydrogen) atoms. The van der Waals surface area contributed by atoms with Gasteiger partial charge in [0.1, 0.15) is 0 Å². The Bertz CT molecular complexity index is 936. The van der Waals surface area contributed by atoms with Gasteiger partial charge in [0.05, 0.1) is 10.5 Å². The molecule has 1 aliphatic heterocycles. The molecule has 0 atom stereocenters. The van der Waals surface area contributed by atoms with Crippen LogP contribution in [0.5, 0.6) is 0 Å². The number of sulfone groups is 1. The lowest BCUT2D eigenvalue weighted by Crippen LogP contribution is -2.31. The van der Waals surface area contributed by atoms with E-state index in [1.165, 1.54) is 29.2 Å². The van der Waals surface area contributed by atoms with Crippen LogP contribution in [0.4, 0.5) is 5.69 Å². The predicted octanol–water partition coefficient (Wildman–Crippen LogP) is 3.20. The highest BCUT2D eigenvalue weighted by Crippen LogP contribution is 2.22. The summed E-state index contributed by atoms with van der Waals surface area (Å²) in [6, 6.07) is 12.3. The van der Waals surface area contributed by atoms with Crippen molar-refractivity contribution in [1.29, 1.82) is 0 Å². The van der Waals surface area contributed by atoms with Gasteiger partial charge in [0, 0.05) is 43.1 Å². The molecule has 1 saturated heterocycles. The van der Waals surface area contributed by atoms with E-state index in [0.717, 1.165) is 31.5 Å². The molecule has 0 unspecified atom stereocenters. The van der Waals surface area contributed by atoms with Crippen LogP contribution in [0.3, 0.4) is 0 Å². The molecule has 0 bridgehead atoms. The first kappa shape index (κ1) is 19.9. The van der Waals surface area contributed by atoms with E-state index in [1.54, 1.807) is 12.1 Å². The van der Waals surface area contributed by atoms with Crippen molar-refractivity contribution in [2.24, 2.45) is 0 Å². The smallest absolute Gasteiger partial charge is 0.256 e. The quantitative estimate of drug-likeness (QED) is 0.829. The molecule has 3 rings (SSSR count). The number of hydrogen-bond acceptors (Lipinski definition) is 5. The number of carbonyl (C=O) groups is 1. The Balaban J connectivity index is 1.75. The van der Waals surface area contributed by atoms with Crippen LogP contribution in [0.15, 0.2) is 47.4 Å². The molecule has 1 aliphatic rings. The number of hydrogen-bond donors (Lipinski definition) is 1. The van der Waals surface area contributed by atoms with Crippen molar-refractivity contribution in [3.63, 3.8) is 0 Å². The van der Waals surface area contributed by atoms with Crippen molar-refractivity contribution >= 4 is 33.2 Å². The number of aryl methyl sites for hydroxylation is 1. The van der Waals surface area contributed by atoms with Crippen molar-refractivity contribution in [2.45, 2.75) is 18.4 Å². The van der Waals surface area contributed by atoms with Crippen LogP contribution in [0.1, 0.15) is 21.5 Å². The van der Waals surface area contributed by atoms with Gasteiger partial charge in [-0.25, -0.2) is 8.42 Å². The molecule has 0 radical (unpaired) electrons. The van der Waals surface area contributed by atoms with Gasteiger partial charge in [-0.15, -0.1) is 0 Å². The van der Waals surface area contributed by atoms with Gasteiger partial charge in [0.2, 0.25) is 0 Å². The van der Waals surface area contributed by atoms with Crippen molar-refractivity contribution in [3.8, 4) is 0 Å². The number of anilines is 1. The Morgan fingerprint density at radius 3 is 2.52 bits per heavy atom. The summed E-state index contributed by atoms with van der Waals surface area (Å²) in [7, 11) is -3.47. The third-order valence-electron chi connectivity index (χ3n) is 4.58. The van der Waals surface area contributed by atoms with Gasteiger partial charge in [-0.3, -0.25) is 9.69 Å². The number of thioether (sulfide) groups is 1. The second kappa shape index (κ2) is 8.46. The van der Waals surface area contributed by atoms with Gasteiger partial charge in [-0.2, -0.15) is 11.8 Å². The molecule has 0 aromatic heterocycles. The van der Waals surface area contributed by atoms with Crippen molar-refractivity contribution in [2.75, 3.05) is 36.2 Å². The largest absolute Gasteiger partial charge is 0.322 e. The van der Waals surface area contributed by atoms with Gasteiger partial charge in [-0.1, -0.05) is 24.3 Å². The molecule has 144 valence electrons. The van der Waals surface area contributed by atoms with Crippen molar-refractivity contribution in [3.05, 3.63) is 59.2 Å². The van der Waals surface area contributed by atoms with Crippen LogP contribution < -0.4 is 5.32 Å². The van der Waals surface area contributed by atoms with E-state index in [4.69, 9.17) is 0 Å². The lowest BCUT2D eigenvalue weighted by Gasteiger charge is -2.26. The van der Waals surface area contributed by atoms with E-state index in [2.05, 4.69) is 16.3 Å². The van der Waals surface area contributed by atoms with E-state index >= 15 is 0 Å². The first-order valence-electron chi connectivity index (χ1n) is 8.84. The van der Waals surface area contributed by atoms with Gasteiger partial charge in [-0.05, 0) is 36.2 Å². The molecule has 5 nitrogen and oxygen atoms in total. The van der Waals surface area contributed by atoms with E-state index in [9.17, 15) is 13.2 Å². The predicted molar refractivity (Wildman–Crippen MR) is 111 cm³/mol. The monoisotopic (exact) mass is 404 g/mol. The zero-order valence-electron chi connectivity index (χ0n) is 15.6. The maximum atomic E-state index is 12.6. The third kappa shape index (κ3) is 5.12. The van der Waals surface area contributed by atoms with Crippen LogP contribution in [0.25, 0.3) is 0 Å². The van der Waals surface area contributed by atoms with Crippen LogP contribution in [0, 0.1) is 6.92 Å². The number of nitrogens with zero attached hydrogens (tertiary/aromatic N) is 1. The highest BCUT2D eigenvalue weighted by atomic mass is 32.2. The fraction of sp³-hybridized carbons (Fsp3) is 0.350. The molecule has 0 saturated carbocycles. The average Bonchev–Trinajstić information content (AvgIpc) is 2.64. The number of amides is 1. The number of nitrogens with one attached hydrogen (secondary N) is 1. The summed E-state index contributed by atoms with van der Waals surface area (Å²) >= 11 is 1.99. The molecule has 1 amide bonds. The minimum atomic E-state index is -3.47. The molecule has 1 N–H and O–H groups in total. The summed E-state index contributed by atoms with van der Waals surface area (Å²) in [6.45, 7) is 5.06. The fourth-order valence-corrected chi connectivity index (χ4v) is 5.01. The van der Waals surface area contributed by atoms with Crippen LogP contribution in [0.2, 0.25) is 0 Å². The zero-order valence-corrected chi connectivity index (χ0v) is 17.2. The van der Waals surface area contributed by atoms with E-state index in [1.807, 2.05) is 30.8 Å². The lowest BCUT2D eigenvalue weighted by atomic mass is 10.1. The number of carbonyl (C=O) groups excluding carboxylic acids is 1. The van der Waals surface area contributed by atoms with Gasteiger partial charge in [0.25, 0.3) is 5.91 Å². The molecule has 0 aliphatic carbocycles. The molecular weight excluding hydrogens is 380 g/mol. The summed E-state index contributed by atoms with van der Waals surface area (Å²) < 4.78 is 23.9. The summed E-state index contributed by atoms with van der Waals surface area (Å²) in [5.41, 5.74) is 3.04. The SMILES string of the molecule is Cc1cc(CN2CCSCC2)ccc1NC(=O)c1ccccc1S(C)(=O)=O. The highest BCUT2D eigenvalue weighted by Gasteiger charge is 2.19.